The Balaban J connectivity index is 1.74. The highest BCUT2D eigenvalue weighted by Crippen LogP contribution is 2.34. The molecule has 0 aliphatic heterocycles. The third kappa shape index (κ3) is 3.29. The number of nitrogens with one attached hydrogen (secondary N) is 1. The van der Waals surface area contributed by atoms with Gasteiger partial charge in [0.25, 0.3) is 0 Å². The van der Waals surface area contributed by atoms with Crippen molar-refractivity contribution in [1.29, 1.82) is 0 Å². The molecule has 1 aliphatic rings. The lowest BCUT2D eigenvalue weighted by atomic mass is 10.1. The van der Waals surface area contributed by atoms with E-state index in [1.54, 1.807) is 0 Å². The van der Waals surface area contributed by atoms with Crippen LogP contribution in [0.3, 0.4) is 0 Å². The van der Waals surface area contributed by atoms with Crippen LogP contribution in [0, 0.1) is 5.92 Å². The molecule has 0 bridgehead atoms. The molecule has 1 fully saturated rings. The summed E-state index contributed by atoms with van der Waals surface area (Å²) in [7, 11) is 4.36. The lowest BCUT2D eigenvalue weighted by Crippen LogP contribution is -2.39. The van der Waals surface area contributed by atoms with E-state index in [1.165, 1.54) is 18.4 Å². The molecule has 1 N–H and O–H groups in total. The van der Waals surface area contributed by atoms with Gasteiger partial charge < -0.3 is 10.2 Å². The maximum atomic E-state index is 4.02. The van der Waals surface area contributed by atoms with Crippen LogP contribution in [0.2, 0.25) is 0 Å². The fraction of sp³-hybridized carbons (Fsp3) is 0.615. The summed E-state index contributed by atoms with van der Waals surface area (Å²) >= 11 is 0. The van der Waals surface area contributed by atoms with Crippen LogP contribution in [0.1, 0.15) is 18.4 Å². The maximum Gasteiger partial charge on any atom is 0.0271 e. The Morgan fingerprint density at radius 3 is 2.62 bits per heavy atom. The van der Waals surface area contributed by atoms with Gasteiger partial charge in [0.05, 0.1) is 0 Å². The molecule has 0 radical (unpaired) electrons. The van der Waals surface area contributed by atoms with Gasteiger partial charge in [-0.25, -0.2) is 0 Å². The van der Waals surface area contributed by atoms with Crippen molar-refractivity contribution in [3.8, 4) is 0 Å². The SMILES string of the molecule is CN(C)[C@@H](CNCc1ccncc1)C1CC1. The molecule has 1 aromatic heterocycles. The van der Waals surface area contributed by atoms with Crippen molar-refractivity contribution in [3.63, 3.8) is 0 Å². The average molecular weight is 219 g/mol. The fourth-order valence-electron chi connectivity index (χ4n) is 2.12. The predicted octanol–water partition coefficient (Wildman–Crippen LogP) is 1.51. The Morgan fingerprint density at radius 1 is 1.38 bits per heavy atom. The Kier molecular flexibility index (Phi) is 3.91. The number of hydrogen-bond acceptors (Lipinski definition) is 3. The minimum absolute atomic E-state index is 0.696. The van der Waals surface area contributed by atoms with Gasteiger partial charge in [-0.2, -0.15) is 0 Å². The van der Waals surface area contributed by atoms with Crippen LogP contribution in [0.25, 0.3) is 0 Å². The predicted molar refractivity (Wildman–Crippen MR) is 66.1 cm³/mol. The zero-order chi connectivity index (χ0) is 11.4. The zero-order valence-corrected chi connectivity index (χ0v) is 10.2. The molecule has 0 unspecified atom stereocenters. The molecule has 0 amide bonds. The molecule has 2 rings (SSSR count). The van der Waals surface area contributed by atoms with Crippen LogP contribution in [-0.2, 0) is 6.54 Å². The smallest absolute Gasteiger partial charge is 0.0271 e. The number of nitrogens with zero attached hydrogens (tertiary/aromatic N) is 2. The molecule has 1 aliphatic carbocycles. The van der Waals surface area contributed by atoms with Crippen molar-refractivity contribution >= 4 is 0 Å². The number of hydrogen-bond donors (Lipinski definition) is 1. The molecular weight excluding hydrogens is 198 g/mol. The molecule has 1 saturated carbocycles. The molecule has 3 heteroatoms. The van der Waals surface area contributed by atoms with E-state index in [9.17, 15) is 0 Å². The van der Waals surface area contributed by atoms with Gasteiger partial charge in [0.1, 0.15) is 0 Å². The quantitative estimate of drug-likeness (QED) is 0.786. The largest absolute Gasteiger partial charge is 0.311 e. The number of aromatic nitrogens is 1. The van der Waals surface area contributed by atoms with Gasteiger partial charge in [-0.3, -0.25) is 4.98 Å². The summed E-state index contributed by atoms with van der Waals surface area (Å²) in [5, 5.41) is 3.54. The van der Waals surface area contributed by atoms with E-state index < -0.39 is 0 Å². The molecule has 88 valence electrons. The van der Waals surface area contributed by atoms with E-state index >= 15 is 0 Å². The van der Waals surface area contributed by atoms with Crippen molar-refractivity contribution < 1.29 is 0 Å². The Hall–Kier alpha value is -0.930. The second kappa shape index (κ2) is 5.41. The monoisotopic (exact) mass is 219 g/mol. The van der Waals surface area contributed by atoms with Gasteiger partial charge in [-0.1, -0.05) is 0 Å². The summed E-state index contributed by atoms with van der Waals surface area (Å²) in [5.74, 6) is 0.917. The van der Waals surface area contributed by atoms with Gasteiger partial charge >= 0.3 is 0 Å². The lowest BCUT2D eigenvalue weighted by Gasteiger charge is -2.24. The van der Waals surface area contributed by atoms with Crippen molar-refractivity contribution in [1.82, 2.24) is 15.2 Å². The molecule has 1 atom stereocenters. The topological polar surface area (TPSA) is 28.2 Å². The van der Waals surface area contributed by atoms with Crippen LogP contribution in [0.5, 0.6) is 0 Å². The molecule has 0 spiro atoms. The van der Waals surface area contributed by atoms with Crippen molar-refractivity contribution in [2.45, 2.75) is 25.4 Å². The molecule has 3 nitrogen and oxygen atoms in total. The van der Waals surface area contributed by atoms with E-state index in [4.69, 9.17) is 0 Å². The Labute approximate surface area is 97.9 Å². The third-order valence-corrected chi connectivity index (χ3v) is 3.26. The zero-order valence-electron chi connectivity index (χ0n) is 10.2. The van der Waals surface area contributed by atoms with Crippen LogP contribution in [0.15, 0.2) is 24.5 Å². The highest BCUT2D eigenvalue weighted by Gasteiger charge is 2.31. The van der Waals surface area contributed by atoms with Gasteiger partial charge in [0, 0.05) is 31.5 Å². The van der Waals surface area contributed by atoms with Crippen LogP contribution in [-0.4, -0.2) is 36.6 Å². The first kappa shape index (κ1) is 11.6. The number of pyridine rings is 1. The second-order valence-corrected chi connectivity index (χ2v) is 4.85. The highest BCUT2D eigenvalue weighted by atomic mass is 15.1. The highest BCUT2D eigenvalue weighted by molar-refractivity contribution is 5.09. The number of likely N-dealkylation sites (N-methyl/N-ethyl adjacent to an activating group) is 1. The summed E-state index contributed by atoms with van der Waals surface area (Å²) in [6.07, 6.45) is 6.50. The molecule has 16 heavy (non-hydrogen) atoms. The van der Waals surface area contributed by atoms with Gasteiger partial charge in [0.2, 0.25) is 0 Å². The summed E-state index contributed by atoms with van der Waals surface area (Å²) in [5.41, 5.74) is 1.31. The lowest BCUT2D eigenvalue weighted by molar-refractivity contribution is 0.255. The second-order valence-electron chi connectivity index (χ2n) is 4.85. The minimum atomic E-state index is 0.696. The third-order valence-electron chi connectivity index (χ3n) is 3.26. The van der Waals surface area contributed by atoms with Crippen molar-refractivity contribution in [2.24, 2.45) is 5.92 Å². The first-order valence-corrected chi connectivity index (χ1v) is 6.03. The van der Waals surface area contributed by atoms with Crippen molar-refractivity contribution in [2.75, 3.05) is 20.6 Å². The average Bonchev–Trinajstić information content (AvgIpc) is 3.09. The fourth-order valence-corrected chi connectivity index (χ4v) is 2.12. The maximum absolute atomic E-state index is 4.02. The van der Waals surface area contributed by atoms with Gasteiger partial charge in [0.15, 0.2) is 0 Å². The Morgan fingerprint density at radius 2 is 2.06 bits per heavy atom. The first-order valence-electron chi connectivity index (χ1n) is 6.03. The van der Waals surface area contributed by atoms with E-state index in [2.05, 4.69) is 41.4 Å². The standard InChI is InChI=1S/C13H21N3/c1-16(2)13(12-3-4-12)10-15-9-11-5-7-14-8-6-11/h5-8,12-13,15H,3-4,9-10H2,1-2H3/t13-/m0/s1. The van der Waals surface area contributed by atoms with Gasteiger partial charge in [-0.05, 0) is 50.6 Å². The van der Waals surface area contributed by atoms with E-state index in [0.29, 0.717) is 6.04 Å². The number of rotatable bonds is 6. The van der Waals surface area contributed by atoms with E-state index in [0.717, 1.165) is 19.0 Å². The molecule has 1 heterocycles. The summed E-state index contributed by atoms with van der Waals surface area (Å²) in [6.45, 7) is 2.03. The van der Waals surface area contributed by atoms with Crippen LogP contribution in [0.4, 0.5) is 0 Å². The van der Waals surface area contributed by atoms with Crippen LogP contribution < -0.4 is 5.32 Å². The molecule has 0 aromatic carbocycles. The summed E-state index contributed by atoms with van der Waals surface area (Å²) in [4.78, 5) is 6.36. The molecule has 1 aromatic rings. The van der Waals surface area contributed by atoms with Gasteiger partial charge in [-0.15, -0.1) is 0 Å². The van der Waals surface area contributed by atoms with Crippen LogP contribution >= 0.6 is 0 Å². The summed E-state index contributed by atoms with van der Waals surface area (Å²) < 4.78 is 0. The summed E-state index contributed by atoms with van der Waals surface area (Å²) in [6, 6.07) is 4.82. The van der Waals surface area contributed by atoms with E-state index in [1.807, 2.05) is 12.4 Å². The first-order chi connectivity index (χ1) is 7.77. The molecule has 0 saturated heterocycles. The normalized spacial score (nSPS) is 17.7. The van der Waals surface area contributed by atoms with E-state index in [-0.39, 0.29) is 0 Å². The molecular formula is C13H21N3. The van der Waals surface area contributed by atoms with Crippen molar-refractivity contribution in [3.05, 3.63) is 30.1 Å². The minimum Gasteiger partial charge on any atom is -0.311 e. The Bertz CT molecular complexity index is 304.